The Hall–Kier alpha value is -2.11. The lowest BCUT2D eigenvalue weighted by atomic mass is 10.0. The molecule has 0 N–H and O–H groups in total. The second kappa shape index (κ2) is 6.79. The van der Waals surface area contributed by atoms with Crippen molar-refractivity contribution in [3.05, 3.63) is 77.1 Å². The maximum absolute atomic E-state index is 14.2. The second-order valence-corrected chi connectivity index (χ2v) is 6.25. The summed E-state index contributed by atoms with van der Waals surface area (Å²) in [5.41, 5.74) is 1.44. The minimum atomic E-state index is -0.485. The van der Waals surface area contributed by atoms with E-state index in [-0.39, 0.29) is 17.4 Å². The van der Waals surface area contributed by atoms with Crippen LogP contribution >= 0.6 is 0 Å². The summed E-state index contributed by atoms with van der Waals surface area (Å²) in [5, 5.41) is 0. The molecule has 126 valence electrons. The van der Waals surface area contributed by atoms with E-state index in [0.29, 0.717) is 24.4 Å². The molecule has 0 amide bonds. The summed E-state index contributed by atoms with van der Waals surface area (Å²) >= 11 is 0. The third-order valence-corrected chi connectivity index (χ3v) is 4.09. The van der Waals surface area contributed by atoms with Gasteiger partial charge in [0.1, 0.15) is 17.5 Å². The Morgan fingerprint density at radius 3 is 2.50 bits per heavy atom. The Kier molecular flexibility index (Phi) is 4.73. The maximum Gasteiger partial charge on any atom is 0.130 e. The van der Waals surface area contributed by atoms with Crippen molar-refractivity contribution in [3.8, 4) is 0 Å². The van der Waals surface area contributed by atoms with Crippen LogP contribution in [0.1, 0.15) is 17.2 Å². The predicted octanol–water partition coefficient (Wildman–Crippen LogP) is 4.06. The van der Waals surface area contributed by atoms with Gasteiger partial charge in [0.2, 0.25) is 0 Å². The van der Waals surface area contributed by atoms with E-state index < -0.39 is 11.6 Å². The molecule has 1 unspecified atom stereocenters. The van der Waals surface area contributed by atoms with Crippen LogP contribution in [-0.4, -0.2) is 37.1 Å². The van der Waals surface area contributed by atoms with Crippen LogP contribution in [0, 0.1) is 17.5 Å². The van der Waals surface area contributed by atoms with Crippen molar-refractivity contribution in [2.75, 3.05) is 27.3 Å². The van der Waals surface area contributed by atoms with Gasteiger partial charge in [-0.3, -0.25) is 9.80 Å². The quantitative estimate of drug-likeness (QED) is 0.833. The highest BCUT2D eigenvalue weighted by Crippen LogP contribution is 2.36. The molecule has 0 aromatic heterocycles. The Bertz CT molecular complexity index is 771. The van der Waals surface area contributed by atoms with Crippen molar-refractivity contribution >= 4 is 5.57 Å². The highest BCUT2D eigenvalue weighted by molar-refractivity contribution is 5.70. The molecule has 1 heterocycles. The molecule has 1 atom stereocenters. The zero-order valence-electron chi connectivity index (χ0n) is 13.6. The van der Waals surface area contributed by atoms with Gasteiger partial charge in [-0.25, -0.2) is 13.2 Å². The van der Waals surface area contributed by atoms with Crippen molar-refractivity contribution in [1.82, 2.24) is 9.80 Å². The fraction of sp³-hybridized carbons (Fsp3) is 0.263. The van der Waals surface area contributed by atoms with Crippen LogP contribution in [0.5, 0.6) is 0 Å². The van der Waals surface area contributed by atoms with E-state index in [1.165, 1.54) is 12.1 Å². The first-order valence-electron chi connectivity index (χ1n) is 7.75. The molecule has 1 aliphatic heterocycles. The zero-order chi connectivity index (χ0) is 17.3. The number of nitrogens with zero attached hydrogens (tertiary/aromatic N) is 2. The molecule has 3 rings (SSSR count). The Balaban J connectivity index is 2.02. The normalized spacial score (nSPS) is 18.2. The molecule has 0 fully saturated rings. The van der Waals surface area contributed by atoms with Crippen molar-refractivity contribution in [2.45, 2.75) is 6.04 Å². The number of hydrogen-bond acceptors (Lipinski definition) is 2. The molecular weight excluding hydrogens is 313 g/mol. The van der Waals surface area contributed by atoms with Crippen LogP contribution < -0.4 is 0 Å². The summed E-state index contributed by atoms with van der Waals surface area (Å²) in [6, 6.07) is 9.66. The van der Waals surface area contributed by atoms with Gasteiger partial charge in [-0.1, -0.05) is 24.3 Å². The van der Waals surface area contributed by atoms with Crippen molar-refractivity contribution < 1.29 is 13.2 Å². The first-order chi connectivity index (χ1) is 11.5. The topological polar surface area (TPSA) is 6.48 Å². The molecule has 0 bridgehead atoms. The fourth-order valence-electron chi connectivity index (χ4n) is 3.09. The third kappa shape index (κ3) is 3.37. The zero-order valence-corrected chi connectivity index (χ0v) is 13.6. The molecule has 1 aliphatic rings. The standard InChI is InChI=1S/C19H19F3N2/c1-23(2)12-24-11-13(16-10-14(20)7-8-18(16)22)9-19(24)15-5-3-4-6-17(15)21/h3-10,19H,11-12H2,1-2H3. The smallest absolute Gasteiger partial charge is 0.130 e. The van der Waals surface area contributed by atoms with Gasteiger partial charge in [0.05, 0.1) is 12.7 Å². The lowest BCUT2D eigenvalue weighted by molar-refractivity contribution is 0.173. The summed E-state index contributed by atoms with van der Waals surface area (Å²) in [6.45, 7) is 1.01. The average Bonchev–Trinajstić information content (AvgIpc) is 2.93. The lowest BCUT2D eigenvalue weighted by Gasteiger charge is -2.28. The molecule has 0 spiro atoms. The summed E-state index contributed by atoms with van der Waals surface area (Å²) < 4.78 is 41.8. The SMILES string of the molecule is CN(C)CN1CC(c2cc(F)ccc2F)=CC1c1ccccc1F. The lowest BCUT2D eigenvalue weighted by Crippen LogP contribution is -2.34. The van der Waals surface area contributed by atoms with Gasteiger partial charge in [-0.15, -0.1) is 0 Å². The van der Waals surface area contributed by atoms with Gasteiger partial charge in [0.15, 0.2) is 0 Å². The van der Waals surface area contributed by atoms with Gasteiger partial charge in [0.25, 0.3) is 0 Å². The predicted molar refractivity (Wildman–Crippen MR) is 88.7 cm³/mol. The van der Waals surface area contributed by atoms with Gasteiger partial charge >= 0.3 is 0 Å². The highest BCUT2D eigenvalue weighted by Gasteiger charge is 2.29. The van der Waals surface area contributed by atoms with E-state index in [1.807, 2.05) is 30.0 Å². The largest absolute Gasteiger partial charge is 0.297 e. The molecular formula is C19H19F3N2. The van der Waals surface area contributed by atoms with E-state index in [4.69, 9.17) is 0 Å². The molecule has 2 nitrogen and oxygen atoms in total. The van der Waals surface area contributed by atoms with Crippen LogP contribution in [0.2, 0.25) is 0 Å². The molecule has 0 radical (unpaired) electrons. The summed E-state index contributed by atoms with van der Waals surface area (Å²) in [7, 11) is 3.83. The van der Waals surface area contributed by atoms with Crippen molar-refractivity contribution in [3.63, 3.8) is 0 Å². The molecule has 2 aromatic rings. The van der Waals surface area contributed by atoms with E-state index in [1.54, 1.807) is 18.2 Å². The van der Waals surface area contributed by atoms with E-state index >= 15 is 0 Å². The van der Waals surface area contributed by atoms with Gasteiger partial charge in [0, 0.05) is 17.7 Å². The molecule has 24 heavy (non-hydrogen) atoms. The number of halogens is 3. The first kappa shape index (κ1) is 16.7. The summed E-state index contributed by atoms with van der Waals surface area (Å²) in [6.07, 6.45) is 1.82. The molecule has 2 aromatic carbocycles. The molecule has 0 aliphatic carbocycles. The second-order valence-electron chi connectivity index (χ2n) is 6.25. The minimum absolute atomic E-state index is 0.234. The van der Waals surface area contributed by atoms with E-state index in [0.717, 1.165) is 12.1 Å². The molecule has 0 saturated heterocycles. The Labute approximate surface area is 139 Å². The van der Waals surface area contributed by atoms with Crippen molar-refractivity contribution in [1.29, 1.82) is 0 Å². The Morgan fingerprint density at radius 2 is 1.79 bits per heavy atom. The average molecular weight is 332 g/mol. The fourth-order valence-corrected chi connectivity index (χ4v) is 3.09. The maximum atomic E-state index is 14.2. The summed E-state index contributed by atoms with van der Waals surface area (Å²) in [5.74, 6) is -1.26. The Morgan fingerprint density at radius 1 is 1.04 bits per heavy atom. The van der Waals surface area contributed by atoms with Crippen LogP contribution in [0.25, 0.3) is 5.57 Å². The highest BCUT2D eigenvalue weighted by atomic mass is 19.1. The third-order valence-electron chi connectivity index (χ3n) is 4.09. The summed E-state index contributed by atoms with van der Waals surface area (Å²) in [4.78, 5) is 3.99. The van der Waals surface area contributed by atoms with Gasteiger partial charge < -0.3 is 0 Å². The van der Waals surface area contributed by atoms with Gasteiger partial charge in [-0.05, 0) is 43.9 Å². The van der Waals surface area contributed by atoms with E-state index in [2.05, 4.69) is 0 Å². The van der Waals surface area contributed by atoms with Crippen molar-refractivity contribution in [2.24, 2.45) is 0 Å². The number of benzene rings is 2. The molecule has 5 heteroatoms. The number of rotatable bonds is 4. The minimum Gasteiger partial charge on any atom is -0.297 e. The van der Waals surface area contributed by atoms with Crippen LogP contribution in [-0.2, 0) is 0 Å². The van der Waals surface area contributed by atoms with Gasteiger partial charge in [-0.2, -0.15) is 0 Å². The van der Waals surface area contributed by atoms with Crippen LogP contribution in [0.15, 0.2) is 48.5 Å². The van der Waals surface area contributed by atoms with E-state index in [9.17, 15) is 13.2 Å². The first-order valence-corrected chi connectivity index (χ1v) is 7.75. The monoisotopic (exact) mass is 332 g/mol. The van der Waals surface area contributed by atoms with Crippen LogP contribution in [0.3, 0.4) is 0 Å². The molecule has 0 saturated carbocycles. The number of hydrogen-bond donors (Lipinski definition) is 0. The van der Waals surface area contributed by atoms with Crippen LogP contribution in [0.4, 0.5) is 13.2 Å².